The number of nitrogens with zero attached hydrogens (tertiary/aromatic N) is 1. The quantitative estimate of drug-likeness (QED) is 0.682. The largest absolute Gasteiger partial charge is 0.496 e. The van der Waals surface area contributed by atoms with E-state index in [2.05, 4.69) is 20.8 Å². The molecule has 3 N–H and O–H groups in total. The summed E-state index contributed by atoms with van der Waals surface area (Å²) >= 11 is 0. The number of amides is 2. The van der Waals surface area contributed by atoms with E-state index in [0.717, 1.165) is 37.8 Å². The topological polar surface area (TPSA) is 105 Å². The highest BCUT2D eigenvalue weighted by Crippen LogP contribution is 2.26. The van der Waals surface area contributed by atoms with Crippen molar-refractivity contribution in [1.29, 1.82) is 0 Å². The second-order valence-corrected chi connectivity index (χ2v) is 6.72. The number of methoxy groups -OCH3 is 2. The number of halogens is 2. The molecule has 10 heteroatoms. The molecule has 0 atom stereocenters. The van der Waals surface area contributed by atoms with Crippen LogP contribution in [0.25, 0.3) is 0 Å². The summed E-state index contributed by atoms with van der Waals surface area (Å²) in [5.41, 5.74) is -0.607. The summed E-state index contributed by atoms with van der Waals surface area (Å²) in [5, 5.41) is 11.6. The van der Waals surface area contributed by atoms with Gasteiger partial charge in [0.25, 0.3) is 11.8 Å². The van der Waals surface area contributed by atoms with Crippen LogP contribution in [-0.4, -0.2) is 48.4 Å². The lowest BCUT2D eigenvalue weighted by Crippen LogP contribution is -2.39. The predicted molar refractivity (Wildman–Crippen MR) is 100.0 cm³/mol. The third-order valence-electron chi connectivity index (χ3n) is 4.95. The lowest BCUT2D eigenvalue weighted by Gasteiger charge is -2.28. The lowest BCUT2D eigenvalue weighted by molar-refractivity contribution is 0.0598. The highest BCUT2D eigenvalue weighted by Gasteiger charge is 2.26. The number of rotatable bonds is 6. The van der Waals surface area contributed by atoms with Crippen molar-refractivity contribution in [3.8, 4) is 5.75 Å². The van der Waals surface area contributed by atoms with Crippen LogP contribution in [-0.2, 0) is 4.74 Å². The van der Waals surface area contributed by atoms with Crippen LogP contribution in [0.1, 0.15) is 46.5 Å². The molecule has 1 aromatic carbocycles. The Hall–Kier alpha value is -3.01. The maximum absolute atomic E-state index is 14.1. The molecule has 0 radical (unpaired) electrons. The first-order valence-corrected chi connectivity index (χ1v) is 9.15. The second kappa shape index (κ2) is 8.99. The number of carbonyl (C=O) groups is 2. The van der Waals surface area contributed by atoms with Crippen LogP contribution < -0.4 is 15.4 Å². The van der Waals surface area contributed by atoms with E-state index in [4.69, 9.17) is 9.47 Å². The molecule has 1 heterocycles. The van der Waals surface area contributed by atoms with Crippen LogP contribution in [0.2, 0.25) is 0 Å². The van der Waals surface area contributed by atoms with Gasteiger partial charge in [0, 0.05) is 19.3 Å². The minimum absolute atomic E-state index is 0.0325. The number of benzene rings is 1. The molecule has 1 saturated carbocycles. The molecule has 0 spiro atoms. The van der Waals surface area contributed by atoms with Crippen LogP contribution in [0.5, 0.6) is 5.75 Å². The van der Waals surface area contributed by atoms with Crippen LogP contribution in [0, 0.1) is 11.6 Å². The number of carbonyl (C=O) groups excluding carboxylic acids is 2. The van der Waals surface area contributed by atoms with Crippen molar-refractivity contribution in [2.75, 3.05) is 19.5 Å². The Morgan fingerprint density at radius 2 is 1.86 bits per heavy atom. The fourth-order valence-electron chi connectivity index (χ4n) is 3.35. The summed E-state index contributed by atoms with van der Waals surface area (Å²) in [6.45, 7) is 0. The predicted octanol–water partition coefficient (Wildman–Crippen LogP) is 2.64. The molecule has 2 amide bonds. The minimum Gasteiger partial charge on any atom is -0.496 e. The molecule has 156 valence electrons. The summed E-state index contributed by atoms with van der Waals surface area (Å²) in [5.74, 6) is -4.10. The van der Waals surface area contributed by atoms with Crippen molar-refractivity contribution < 1.29 is 27.8 Å². The van der Waals surface area contributed by atoms with E-state index in [1.807, 2.05) is 0 Å². The van der Waals surface area contributed by atoms with Gasteiger partial charge in [-0.05, 0) is 37.8 Å². The fraction of sp³-hybridized carbons (Fsp3) is 0.421. The first kappa shape index (κ1) is 20.7. The first-order chi connectivity index (χ1) is 13.9. The Morgan fingerprint density at radius 3 is 2.52 bits per heavy atom. The van der Waals surface area contributed by atoms with Gasteiger partial charge in [0.05, 0.1) is 18.9 Å². The van der Waals surface area contributed by atoms with E-state index < -0.39 is 29.0 Å². The summed E-state index contributed by atoms with van der Waals surface area (Å²) in [6, 6.07) is 1.97. The summed E-state index contributed by atoms with van der Waals surface area (Å²) < 4.78 is 37.9. The highest BCUT2D eigenvalue weighted by atomic mass is 19.2. The third kappa shape index (κ3) is 4.53. The summed E-state index contributed by atoms with van der Waals surface area (Å²) in [4.78, 5) is 25.1. The van der Waals surface area contributed by atoms with Gasteiger partial charge in [0.15, 0.2) is 17.3 Å². The van der Waals surface area contributed by atoms with Crippen molar-refractivity contribution in [1.82, 2.24) is 15.5 Å². The molecule has 1 fully saturated rings. The second-order valence-electron chi connectivity index (χ2n) is 6.72. The molecular weight excluding hydrogens is 386 g/mol. The highest BCUT2D eigenvalue weighted by molar-refractivity contribution is 6.09. The number of ether oxygens (including phenoxy) is 2. The van der Waals surface area contributed by atoms with Gasteiger partial charge in [-0.25, -0.2) is 8.78 Å². The SMILES string of the molecule is COc1ccc(F)c(F)c1C(=O)Nc1c[nH]nc1C(=O)NC1CCC(OC)CC1. The Balaban J connectivity index is 1.72. The van der Waals surface area contributed by atoms with E-state index in [0.29, 0.717) is 0 Å². The third-order valence-corrected chi connectivity index (χ3v) is 4.95. The molecule has 2 aromatic rings. The normalized spacial score (nSPS) is 18.9. The molecule has 8 nitrogen and oxygen atoms in total. The zero-order valence-corrected chi connectivity index (χ0v) is 16.1. The Morgan fingerprint density at radius 1 is 1.14 bits per heavy atom. The molecule has 3 rings (SSSR count). The first-order valence-electron chi connectivity index (χ1n) is 9.15. The zero-order valence-electron chi connectivity index (χ0n) is 16.1. The molecule has 29 heavy (non-hydrogen) atoms. The van der Waals surface area contributed by atoms with Gasteiger partial charge in [-0.2, -0.15) is 5.10 Å². The van der Waals surface area contributed by atoms with E-state index in [9.17, 15) is 18.4 Å². The van der Waals surface area contributed by atoms with Crippen molar-refractivity contribution in [2.45, 2.75) is 37.8 Å². The maximum Gasteiger partial charge on any atom is 0.274 e. The molecule has 0 bridgehead atoms. The molecule has 1 aliphatic carbocycles. The van der Waals surface area contributed by atoms with Crippen LogP contribution in [0.4, 0.5) is 14.5 Å². The average Bonchev–Trinajstić information content (AvgIpc) is 3.18. The van der Waals surface area contributed by atoms with Gasteiger partial charge in [-0.15, -0.1) is 0 Å². The number of nitrogens with one attached hydrogen (secondary N) is 3. The standard InChI is InChI=1S/C19H22F2N4O4/c1-28-11-5-3-10(4-6-11)23-19(27)17-13(9-22-25-17)24-18(26)15-14(29-2)8-7-12(20)16(15)21/h7-11H,3-6H2,1-2H3,(H,22,25)(H,23,27)(H,24,26). The summed E-state index contributed by atoms with van der Waals surface area (Å²) in [7, 11) is 2.90. The van der Waals surface area contributed by atoms with Crippen molar-refractivity contribution in [3.63, 3.8) is 0 Å². The number of aromatic amines is 1. The van der Waals surface area contributed by atoms with Crippen molar-refractivity contribution >= 4 is 17.5 Å². The van der Waals surface area contributed by atoms with Gasteiger partial charge in [-0.3, -0.25) is 14.7 Å². The lowest BCUT2D eigenvalue weighted by atomic mass is 9.93. The number of hydrogen-bond donors (Lipinski definition) is 3. The van der Waals surface area contributed by atoms with Gasteiger partial charge in [-0.1, -0.05) is 0 Å². The molecular formula is C19H22F2N4O4. The minimum atomic E-state index is -1.34. The van der Waals surface area contributed by atoms with E-state index >= 15 is 0 Å². The van der Waals surface area contributed by atoms with E-state index in [1.165, 1.54) is 13.3 Å². The Labute approximate surface area is 166 Å². The van der Waals surface area contributed by atoms with Crippen LogP contribution >= 0.6 is 0 Å². The number of aromatic nitrogens is 2. The fourth-order valence-corrected chi connectivity index (χ4v) is 3.35. The van der Waals surface area contributed by atoms with Gasteiger partial charge >= 0.3 is 0 Å². The summed E-state index contributed by atoms with van der Waals surface area (Å²) in [6.07, 6.45) is 4.69. The average molecular weight is 408 g/mol. The van der Waals surface area contributed by atoms with Crippen LogP contribution in [0.3, 0.4) is 0 Å². The molecule has 0 unspecified atom stereocenters. The monoisotopic (exact) mass is 408 g/mol. The van der Waals surface area contributed by atoms with E-state index in [1.54, 1.807) is 7.11 Å². The number of anilines is 1. The van der Waals surface area contributed by atoms with Crippen molar-refractivity contribution in [3.05, 3.63) is 41.2 Å². The van der Waals surface area contributed by atoms with Gasteiger partial charge in [0.1, 0.15) is 11.3 Å². The number of hydrogen-bond acceptors (Lipinski definition) is 5. The Kier molecular flexibility index (Phi) is 6.42. The zero-order chi connectivity index (χ0) is 21.0. The Bertz CT molecular complexity index is 894. The van der Waals surface area contributed by atoms with Gasteiger partial charge < -0.3 is 20.1 Å². The molecule has 0 aliphatic heterocycles. The van der Waals surface area contributed by atoms with Crippen molar-refractivity contribution in [2.24, 2.45) is 0 Å². The van der Waals surface area contributed by atoms with Crippen LogP contribution in [0.15, 0.2) is 18.3 Å². The smallest absolute Gasteiger partial charge is 0.274 e. The molecule has 0 saturated heterocycles. The molecule has 1 aromatic heterocycles. The van der Waals surface area contributed by atoms with Gasteiger partial charge in [0.2, 0.25) is 0 Å². The number of H-pyrrole nitrogens is 1. The maximum atomic E-state index is 14.1. The molecule has 1 aliphatic rings. The van der Waals surface area contributed by atoms with E-state index in [-0.39, 0.29) is 29.3 Å².